The van der Waals surface area contributed by atoms with Crippen molar-refractivity contribution in [1.82, 2.24) is 0 Å². The first-order valence-electron chi connectivity index (χ1n) is 9.31. The monoisotopic (exact) mass is 418 g/mol. The Hall–Kier alpha value is -2.87. The highest BCUT2D eigenvalue weighted by molar-refractivity contribution is 7.92. The first kappa shape index (κ1) is 22.4. The van der Waals surface area contributed by atoms with Crippen molar-refractivity contribution in [2.45, 2.75) is 33.2 Å². The van der Waals surface area contributed by atoms with E-state index in [-0.39, 0.29) is 13.0 Å². The van der Waals surface area contributed by atoms with Gasteiger partial charge in [-0.2, -0.15) is 0 Å². The van der Waals surface area contributed by atoms with Crippen molar-refractivity contribution in [3.63, 3.8) is 0 Å². The molecular weight excluding hydrogens is 392 g/mol. The van der Waals surface area contributed by atoms with Gasteiger partial charge in [-0.3, -0.25) is 9.10 Å². The van der Waals surface area contributed by atoms with Crippen LogP contribution in [0.3, 0.4) is 0 Å². The molecule has 29 heavy (non-hydrogen) atoms. The first-order valence-corrected chi connectivity index (χ1v) is 11.2. The molecule has 2 rings (SSSR count). The van der Waals surface area contributed by atoms with E-state index in [0.29, 0.717) is 16.9 Å². The summed E-state index contributed by atoms with van der Waals surface area (Å²) in [5.41, 5.74) is 2.00. The fraction of sp³-hybridized carbons (Fsp3) is 0.333. The number of nitrogens with zero attached hydrogens (tertiary/aromatic N) is 1. The molecule has 1 N–H and O–H groups in total. The minimum absolute atomic E-state index is 0.243. The fourth-order valence-corrected chi connectivity index (χ4v) is 4.19. The molecule has 0 radical (unpaired) electrons. The number of rotatable bonds is 8. The molecule has 8 heteroatoms. The molecule has 0 bridgehead atoms. The molecule has 0 saturated carbocycles. The zero-order valence-electron chi connectivity index (χ0n) is 17.0. The maximum Gasteiger partial charge on any atom is 0.338 e. The van der Waals surface area contributed by atoms with Gasteiger partial charge >= 0.3 is 5.97 Å². The molecule has 0 aromatic heterocycles. The lowest BCUT2D eigenvalue weighted by Crippen LogP contribution is -2.47. The largest absolute Gasteiger partial charge is 0.462 e. The van der Waals surface area contributed by atoms with Crippen molar-refractivity contribution in [1.29, 1.82) is 0 Å². The molecule has 1 amide bonds. The Balaban J connectivity index is 2.33. The average Bonchev–Trinajstić information content (AvgIpc) is 2.65. The van der Waals surface area contributed by atoms with Crippen molar-refractivity contribution in [2.75, 3.05) is 22.5 Å². The van der Waals surface area contributed by atoms with Crippen LogP contribution in [-0.4, -0.2) is 39.2 Å². The normalized spacial score (nSPS) is 12.1. The van der Waals surface area contributed by atoms with Gasteiger partial charge in [0.1, 0.15) is 6.04 Å². The van der Waals surface area contributed by atoms with Crippen molar-refractivity contribution in [3.05, 3.63) is 59.7 Å². The summed E-state index contributed by atoms with van der Waals surface area (Å²) in [4.78, 5) is 24.9. The van der Waals surface area contributed by atoms with E-state index in [2.05, 4.69) is 5.32 Å². The van der Waals surface area contributed by atoms with Crippen LogP contribution in [0, 0.1) is 6.92 Å². The molecule has 0 saturated heterocycles. The third kappa shape index (κ3) is 5.80. The van der Waals surface area contributed by atoms with E-state index in [1.165, 1.54) is 6.07 Å². The minimum atomic E-state index is -3.71. The molecule has 0 aliphatic carbocycles. The Morgan fingerprint density at radius 3 is 2.38 bits per heavy atom. The molecule has 2 aromatic carbocycles. The quantitative estimate of drug-likeness (QED) is 0.664. The SMILES string of the molecule is CCOC(=O)c1cccc(NC(=O)[C@@H](CC)N(c2cccc(C)c2)S(C)(=O)=O)c1. The van der Waals surface area contributed by atoms with Gasteiger partial charge in [0.25, 0.3) is 0 Å². The topological polar surface area (TPSA) is 92.8 Å². The number of nitrogens with one attached hydrogen (secondary N) is 1. The minimum Gasteiger partial charge on any atom is -0.462 e. The van der Waals surface area contributed by atoms with Crippen LogP contribution in [0.1, 0.15) is 36.2 Å². The van der Waals surface area contributed by atoms with Gasteiger partial charge in [-0.15, -0.1) is 0 Å². The van der Waals surface area contributed by atoms with Gasteiger partial charge in [-0.1, -0.05) is 25.1 Å². The summed E-state index contributed by atoms with van der Waals surface area (Å²) < 4.78 is 31.1. The van der Waals surface area contributed by atoms with Crippen LogP contribution in [-0.2, 0) is 19.6 Å². The first-order chi connectivity index (χ1) is 13.7. The number of hydrogen-bond acceptors (Lipinski definition) is 5. The van der Waals surface area contributed by atoms with Crippen LogP contribution in [0.25, 0.3) is 0 Å². The van der Waals surface area contributed by atoms with Gasteiger partial charge in [-0.25, -0.2) is 13.2 Å². The average molecular weight is 419 g/mol. The van der Waals surface area contributed by atoms with E-state index < -0.39 is 27.9 Å². The second-order valence-corrected chi connectivity index (χ2v) is 8.47. The van der Waals surface area contributed by atoms with Crippen molar-refractivity contribution >= 4 is 33.3 Å². The summed E-state index contributed by atoms with van der Waals surface area (Å²) in [6.45, 7) is 5.55. The smallest absolute Gasteiger partial charge is 0.338 e. The van der Waals surface area contributed by atoms with Gasteiger partial charge in [0.2, 0.25) is 15.9 Å². The van der Waals surface area contributed by atoms with Gasteiger partial charge < -0.3 is 10.1 Å². The Labute approximate surface area is 171 Å². The van der Waals surface area contributed by atoms with E-state index in [1.807, 2.05) is 13.0 Å². The highest BCUT2D eigenvalue weighted by Crippen LogP contribution is 2.24. The number of benzene rings is 2. The molecule has 156 valence electrons. The van der Waals surface area contributed by atoms with Gasteiger partial charge in [-0.05, 0) is 56.2 Å². The molecule has 0 fully saturated rings. The molecule has 0 heterocycles. The second-order valence-electron chi connectivity index (χ2n) is 6.61. The Morgan fingerprint density at radius 2 is 1.79 bits per heavy atom. The highest BCUT2D eigenvalue weighted by atomic mass is 32.2. The number of carbonyl (C=O) groups excluding carboxylic acids is 2. The Bertz CT molecular complexity index is 988. The van der Waals surface area contributed by atoms with Gasteiger partial charge in [0.15, 0.2) is 0 Å². The molecular formula is C21H26N2O5S. The lowest BCUT2D eigenvalue weighted by Gasteiger charge is -2.30. The number of hydrogen-bond donors (Lipinski definition) is 1. The number of sulfonamides is 1. The number of ether oxygens (including phenoxy) is 1. The van der Waals surface area contributed by atoms with Crippen LogP contribution in [0.5, 0.6) is 0 Å². The third-order valence-corrected chi connectivity index (χ3v) is 5.41. The summed E-state index contributed by atoms with van der Waals surface area (Å²) in [6, 6.07) is 12.4. The number of amides is 1. The number of aryl methyl sites for hydroxylation is 1. The molecule has 7 nitrogen and oxygen atoms in total. The molecule has 1 atom stereocenters. The highest BCUT2D eigenvalue weighted by Gasteiger charge is 2.31. The third-order valence-electron chi connectivity index (χ3n) is 4.23. The zero-order valence-corrected chi connectivity index (χ0v) is 17.8. The Morgan fingerprint density at radius 1 is 1.10 bits per heavy atom. The van der Waals surface area contributed by atoms with E-state index in [4.69, 9.17) is 4.74 Å². The van der Waals surface area contributed by atoms with E-state index >= 15 is 0 Å². The maximum absolute atomic E-state index is 13.0. The van der Waals surface area contributed by atoms with Gasteiger partial charge in [0.05, 0.1) is 24.1 Å². The Kier molecular flexibility index (Phi) is 7.39. The lowest BCUT2D eigenvalue weighted by molar-refractivity contribution is -0.117. The summed E-state index contributed by atoms with van der Waals surface area (Å²) in [5, 5.41) is 2.71. The standard InChI is InChI=1S/C21H26N2O5S/c1-5-19(23(29(4,26)27)18-12-7-9-15(3)13-18)20(24)22-17-11-8-10-16(14-17)21(25)28-6-2/h7-14,19H,5-6H2,1-4H3,(H,22,24)/t19-/m1/s1. The van der Waals surface area contributed by atoms with Gasteiger partial charge in [0, 0.05) is 5.69 Å². The van der Waals surface area contributed by atoms with E-state index in [9.17, 15) is 18.0 Å². The van der Waals surface area contributed by atoms with Crippen molar-refractivity contribution in [2.24, 2.45) is 0 Å². The second kappa shape index (κ2) is 9.56. The molecule has 0 unspecified atom stereocenters. The number of esters is 1. The van der Waals surface area contributed by atoms with Crippen molar-refractivity contribution in [3.8, 4) is 0 Å². The van der Waals surface area contributed by atoms with Crippen molar-refractivity contribution < 1.29 is 22.7 Å². The molecule has 0 spiro atoms. The summed E-state index contributed by atoms with van der Waals surface area (Å²) >= 11 is 0. The molecule has 0 aliphatic rings. The number of anilines is 2. The van der Waals surface area contributed by atoms with E-state index in [0.717, 1.165) is 16.1 Å². The predicted octanol–water partition coefficient (Wildman–Crippen LogP) is 3.36. The van der Waals surface area contributed by atoms with Crippen LogP contribution < -0.4 is 9.62 Å². The van der Waals surface area contributed by atoms with Crippen LogP contribution >= 0.6 is 0 Å². The summed E-state index contributed by atoms with van der Waals surface area (Å²) in [7, 11) is -3.71. The van der Waals surface area contributed by atoms with Crippen LogP contribution in [0.15, 0.2) is 48.5 Å². The summed E-state index contributed by atoms with van der Waals surface area (Å²) in [5.74, 6) is -0.978. The van der Waals surface area contributed by atoms with E-state index in [1.54, 1.807) is 50.2 Å². The fourth-order valence-electron chi connectivity index (χ4n) is 2.99. The molecule has 2 aromatic rings. The molecule has 0 aliphatic heterocycles. The van der Waals surface area contributed by atoms with Crippen LogP contribution in [0.2, 0.25) is 0 Å². The maximum atomic E-state index is 13.0. The lowest BCUT2D eigenvalue weighted by atomic mass is 10.1. The summed E-state index contributed by atoms with van der Waals surface area (Å²) in [6.07, 6.45) is 1.34. The number of carbonyl (C=O) groups is 2. The van der Waals surface area contributed by atoms with Crippen LogP contribution in [0.4, 0.5) is 11.4 Å². The predicted molar refractivity (Wildman–Crippen MR) is 114 cm³/mol. The zero-order chi connectivity index (χ0) is 21.6.